The first-order valence-electron chi connectivity index (χ1n) is 7.24. The fourth-order valence-corrected chi connectivity index (χ4v) is 2.50. The van der Waals surface area contributed by atoms with Crippen LogP contribution in [0, 0.1) is 0 Å². The van der Waals surface area contributed by atoms with E-state index in [2.05, 4.69) is 10.3 Å². The molecule has 0 aliphatic carbocycles. The van der Waals surface area contributed by atoms with Crippen molar-refractivity contribution in [3.8, 4) is 16.9 Å². The monoisotopic (exact) mass is 322 g/mol. The number of hydrogen-bond donors (Lipinski definition) is 3. The molecular weight excluding hydrogens is 308 g/mol. The van der Waals surface area contributed by atoms with E-state index < -0.39 is 18.4 Å². The summed E-state index contributed by atoms with van der Waals surface area (Å²) in [4.78, 5) is 26.5. The molecule has 3 N–H and O–H groups in total. The van der Waals surface area contributed by atoms with Gasteiger partial charge in [0.05, 0.1) is 0 Å². The lowest BCUT2D eigenvalue weighted by molar-refractivity contribution is -0.135. The van der Waals surface area contributed by atoms with Crippen molar-refractivity contribution in [2.75, 3.05) is 6.54 Å². The van der Waals surface area contributed by atoms with E-state index in [9.17, 15) is 14.7 Å². The molecule has 6 nitrogen and oxygen atoms in total. The van der Waals surface area contributed by atoms with E-state index in [1.165, 1.54) is 6.20 Å². The molecule has 0 aliphatic heterocycles. The van der Waals surface area contributed by atoms with Crippen LogP contribution in [0.5, 0.6) is 5.75 Å². The number of carboxylic acids is 1. The zero-order chi connectivity index (χ0) is 17.1. The number of aromatic nitrogens is 1. The first-order chi connectivity index (χ1) is 11.6. The fourth-order valence-electron chi connectivity index (χ4n) is 2.50. The lowest BCUT2D eigenvalue weighted by Gasteiger charge is -2.10. The number of carbonyl (C=O) groups excluding carboxylic acids is 1. The van der Waals surface area contributed by atoms with Gasteiger partial charge in [-0.3, -0.25) is 9.59 Å². The number of nitrogens with one attached hydrogen (secondary N) is 1. The second-order valence-electron chi connectivity index (χ2n) is 5.16. The molecule has 1 aromatic heterocycles. The van der Waals surface area contributed by atoms with E-state index >= 15 is 0 Å². The van der Waals surface area contributed by atoms with Crippen LogP contribution in [-0.4, -0.2) is 33.6 Å². The van der Waals surface area contributed by atoms with Gasteiger partial charge in [-0.25, -0.2) is 4.98 Å². The first-order valence-corrected chi connectivity index (χ1v) is 7.24. The highest BCUT2D eigenvalue weighted by molar-refractivity contribution is 6.05. The number of aliphatic carboxylic acids is 1. The summed E-state index contributed by atoms with van der Waals surface area (Å²) in [6.07, 6.45) is 1.51. The molecule has 6 heteroatoms. The number of amides is 1. The number of rotatable bonds is 4. The van der Waals surface area contributed by atoms with Crippen LogP contribution in [0.25, 0.3) is 21.9 Å². The minimum Gasteiger partial charge on any atom is -0.505 e. The Morgan fingerprint density at radius 1 is 1.00 bits per heavy atom. The van der Waals surface area contributed by atoms with Crippen LogP contribution in [0.4, 0.5) is 0 Å². The number of nitrogens with zero attached hydrogens (tertiary/aromatic N) is 1. The van der Waals surface area contributed by atoms with Crippen molar-refractivity contribution in [3.63, 3.8) is 0 Å². The fraction of sp³-hybridized carbons (Fsp3) is 0.0556. The maximum Gasteiger partial charge on any atom is 0.322 e. The largest absolute Gasteiger partial charge is 0.505 e. The molecule has 1 amide bonds. The van der Waals surface area contributed by atoms with E-state index in [4.69, 9.17) is 5.11 Å². The summed E-state index contributed by atoms with van der Waals surface area (Å²) in [5.41, 5.74) is 1.65. The first kappa shape index (κ1) is 15.5. The minimum absolute atomic E-state index is 0.200. The van der Waals surface area contributed by atoms with E-state index in [0.29, 0.717) is 10.8 Å². The molecule has 0 fully saturated rings. The van der Waals surface area contributed by atoms with Crippen LogP contribution in [0.1, 0.15) is 10.5 Å². The van der Waals surface area contributed by atoms with E-state index in [1.54, 1.807) is 12.1 Å². The van der Waals surface area contributed by atoms with Gasteiger partial charge >= 0.3 is 5.97 Å². The van der Waals surface area contributed by atoms with E-state index in [0.717, 1.165) is 11.1 Å². The van der Waals surface area contributed by atoms with Crippen molar-refractivity contribution in [3.05, 3.63) is 60.4 Å². The Labute approximate surface area is 137 Å². The number of carboxylic acid groups (broad SMARTS) is 1. The van der Waals surface area contributed by atoms with Gasteiger partial charge in [-0.2, -0.15) is 0 Å². The van der Waals surface area contributed by atoms with Gasteiger partial charge in [-0.1, -0.05) is 48.5 Å². The summed E-state index contributed by atoms with van der Waals surface area (Å²) in [5, 5.41) is 22.4. The molecule has 0 aliphatic rings. The molecule has 0 atom stereocenters. The third-order valence-corrected chi connectivity index (χ3v) is 3.61. The van der Waals surface area contributed by atoms with Gasteiger partial charge < -0.3 is 15.5 Å². The number of carbonyl (C=O) groups is 2. The summed E-state index contributed by atoms with van der Waals surface area (Å²) >= 11 is 0. The summed E-state index contributed by atoms with van der Waals surface area (Å²) in [6, 6.07) is 15.0. The SMILES string of the molecule is O=C(O)CNC(=O)c1ncc2c(-c3ccccc3)cccc2c1O. The van der Waals surface area contributed by atoms with E-state index in [-0.39, 0.29) is 11.4 Å². The van der Waals surface area contributed by atoms with E-state index in [1.807, 2.05) is 36.4 Å². The molecule has 0 radical (unpaired) electrons. The van der Waals surface area contributed by atoms with Crippen molar-refractivity contribution in [1.82, 2.24) is 10.3 Å². The lowest BCUT2D eigenvalue weighted by atomic mass is 9.99. The molecule has 0 bridgehead atoms. The Balaban J connectivity index is 2.08. The maximum absolute atomic E-state index is 12.0. The van der Waals surface area contributed by atoms with Gasteiger partial charge in [0.25, 0.3) is 5.91 Å². The molecule has 3 rings (SSSR count). The molecule has 120 valence electrons. The Morgan fingerprint density at radius 2 is 1.75 bits per heavy atom. The maximum atomic E-state index is 12.0. The normalized spacial score (nSPS) is 10.5. The molecule has 0 saturated carbocycles. The summed E-state index contributed by atoms with van der Waals surface area (Å²) in [7, 11) is 0. The lowest BCUT2D eigenvalue weighted by Crippen LogP contribution is -2.29. The molecule has 24 heavy (non-hydrogen) atoms. The number of hydrogen-bond acceptors (Lipinski definition) is 4. The highest BCUT2D eigenvalue weighted by Gasteiger charge is 2.17. The Kier molecular flexibility index (Phi) is 4.11. The van der Waals surface area contributed by atoms with Gasteiger partial charge in [0.2, 0.25) is 0 Å². The van der Waals surface area contributed by atoms with Gasteiger partial charge in [0.1, 0.15) is 6.54 Å². The molecule has 3 aromatic rings. The van der Waals surface area contributed by atoms with Gasteiger partial charge in [0.15, 0.2) is 11.4 Å². The number of benzene rings is 2. The number of pyridine rings is 1. The minimum atomic E-state index is -1.17. The van der Waals surface area contributed by atoms with Crippen LogP contribution in [0.3, 0.4) is 0 Å². The zero-order valence-corrected chi connectivity index (χ0v) is 12.6. The van der Waals surface area contributed by atoms with Crippen LogP contribution in [0.15, 0.2) is 54.7 Å². The molecule has 0 saturated heterocycles. The average molecular weight is 322 g/mol. The van der Waals surface area contributed by atoms with Gasteiger partial charge in [-0.05, 0) is 11.1 Å². The molecular formula is C18H14N2O4. The standard InChI is InChI=1S/C18H14N2O4/c21-15(22)10-20-18(24)16-17(23)13-8-4-7-12(14(13)9-19-16)11-5-2-1-3-6-11/h1-9,23H,10H2,(H,20,24)(H,21,22). The van der Waals surface area contributed by atoms with Crippen LogP contribution >= 0.6 is 0 Å². The van der Waals surface area contributed by atoms with Gasteiger partial charge in [0, 0.05) is 17.0 Å². The predicted molar refractivity (Wildman–Crippen MR) is 88.8 cm³/mol. The predicted octanol–water partition coefficient (Wildman–Crippen LogP) is 2.42. The Bertz CT molecular complexity index is 923. The highest BCUT2D eigenvalue weighted by atomic mass is 16.4. The smallest absolute Gasteiger partial charge is 0.322 e. The Hall–Kier alpha value is -3.41. The third-order valence-electron chi connectivity index (χ3n) is 3.61. The topological polar surface area (TPSA) is 99.5 Å². The summed E-state index contributed by atoms with van der Waals surface area (Å²) < 4.78 is 0. The molecule has 0 unspecified atom stereocenters. The van der Waals surface area contributed by atoms with Crippen molar-refractivity contribution in [1.29, 1.82) is 0 Å². The van der Waals surface area contributed by atoms with Crippen LogP contribution < -0.4 is 5.32 Å². The summed E-state index contributed by atoms with van der Waals surface area (Å²) in [6.45, 7) is -0.540. The zero-order valence-electron chi connectivity index (χ0n) is 12.6. The molecule has 2 aromatic carbocycles. The van der Waals surface area contributed by atoms with Gasteiger partial charge in [-0.15, -0.1) is 0 Å². The average Bonchev–Trinajstić information content (AvgIpc) is 2.60. The molecule has 1 heterocycles. The second-order valence-corrected chi connectivity index (χ2v) is 5.16. The summed E-state index contributed by atoms with van der Waals surface area (Å²) in [5.74, 6) is -2.18. The van der Waals surface area contributed by atoms with Crippen molar-refractivity contribution >= 4 is 22.6 Å². The van der Waals surface area contributed by atoms with Crippen molar-refractivity contribution in [2.45, 2.75) is 0 Å². The van der Waals surface area contributed by atoms with Crippen LogP contribution in [0.2, 0.25) is 0 Å². The highest BCUT2D eigenvalue weighted by Crippen LogP contribution is 2.33. The molecule has 0 spiro atoms. The Morgan fingerprint density at radius 3 is 2.46 bits per heavy atom. The quantitative estimate of drug-likeness (QED) is 0.685. The second kappa shape index (κ2) is 6.37. The van der Waals surface area contributed by atoms with Crippen LogP contribution in [-0.2, 0) is 4.79 Å². The number of fused-ring (bicyclic) bond motifs is 1. The third kappa shape index (κ3) is 2.89. The van der Waals surface area contributed by atoms with Crippen molar-refractivity contribution < 1.29 is 19.8 Å². The number of aromatic hydroxyl groups is 1. The van der Waals surface area contributed by atoms with Crippen molar-refractivity contribution in [2.24, 2.45) is 0 Å².